The largest absolute Gasteiger partial charge is 0.396 e. The summed E-state index contributed by atoms with van der Waals surface area (Å²) < 4.78 is 0. The van der Waals surface area contributed by atoms with Crippen LogP contribution in [0.5, 0.6) is 0 Å². The van der Waals surface area contributed by atoms with Gasteiger partial charge in [-0.15, -0.1) is 0 Å². The molecule has 0 spiro atoms. The van der Waals surface area contributed by atoms with Gasteiger partial charge in [0.15, 0.2) is 0 Å². The summed E-state index contributed by atoms with van der Waals surface area (Å²) in [7, 11) is 0. The molecular formula is C12H22O2. The molecule has 2 saturated carbocycles. The number of hydrogen-bond donors (Lipinski definition) is 2. The number of rotatable bonds is 2. The lowest BCUT2D eigenvalue weighted by Crippen LogP contribution is -2.43. The molecule has 0 heterocycles. The molecular weight excluding hydrogens is 176 g/mol. The number of fused-ring (bicyclic) bond motifs is 1. The molecule has 0 aliphatic heterocycles. The van der Waals surface area contributed by atoms with Gasteiger partial charge in [-0.3, -0.25) is 0 Å². The van der Waals surface area contributed by atoms with Crippen LogP contribution in [-0.2, 0) is 0 Å². The first-order valence-corrected chi connectivity index (χ1v) is 6.06. The lowest BCUT2D eigenvalue weighted by Gasteiger charge is -2.41. The van der Waals surface area contributed by atoms with Crippen molar-refractivity contribution in [1.29, 1.82) is 0 Å². The quantitative estimate of drug-likeness (QED) is 0.714. The highest BCUT2D eigenvalue weighted by molar-refractivity contribution is 5.04. The third-order valence-electron chi connectivity index (χ3n) is 4.57. The molecule has 0 bridgehead atoms. The van der Waals surface area contributed by atoms with Crippen molar-refractivity contribution < 1.29 is 10.2 Å². The monoisotopic (exact) mass is 198 g/mol. The lowest BCUT2D eigenvalue weighted by atomic mass is 9.69. The Morgan fingerprint density at radius 3 is 2.29 bits per heavy atom. The molecule has 2 atom stereocenters. The van der Waals surface area contributed by atoms with E-state index >= 15 is 0 Å². The Balaban J connectivity index is 2.21. The molecule has 0 amide bonds. The van der Waals surface area contributed by atoms with Crippen molar-refractivity contribution in [2.24, 2.45) is 5.41 Å². The molecule has 0 aromatic heterocycles. The predicted octanol–water partition coefficient (Wildman–Crippen LogP) is 2.23. The van der Waals surface area contributed by atoms with Crippen LogP contribution in [0.2, 0.25) is 0 Å². The van der Waals surface area contributed by atoms with E-state index in [-0.39, 0.29) is 12.0 Å². The molecule has 0 aromatic carbocycles. The van der Waals surface area contributed by atoms with E-state index in [0.29, 0.717) is 0 Å². The van der Waals surface area contributed by atoms with Crippen LogP contribution in [0.25, 0.3) is 0 Å². The van der Waals surface area contributed by atoms with E-state index in [2.05, 4.69) is 0 Å². The van der Waals surface area contributed by atoms with Crippen LogP contribution in [0.4, 0.5) is 0 Å². The van der Waals surface area contributed by atoms with Crippen LogP contribution in [0.15, 0.2) is 0 Å². The Morgan fingerprint density at radius 2 is 1.50 bits per heavy atom. The Morgan fingerprint density at radius 1 is 0.857 bits per heavy atom. The lowest BCUT2D eigenvalue weighted by molar-refractivity contribution is -0.0773. The summed E-state index contributed by atoms with van der Waals surface area (Å²) in [5.41, 5.74) is -0.371. The van der Waals surface area contributed by atoms with Gasteiger partial charge in [0.25, 0.3) is 0 Å². The maximum Gasteiger partial charge on any atom is 0.0704 e. The van der Waals surface area contributed by atoms with E-state index in [1.807, 2.05) is 0 Å². The van der Waals surface area contributed by atoms with Gasteiger partial charge in [0.1, 0.15) is 0 Å². The van der Waals surface area contributed by atoms with Crippen LogP contribution >= 0.6 is 0 Å². The maximum atomic E-state index is 10.7. The van der Waals surface area contributed by atoms with Gasteiger partial charge < -0.3 is 10.2 Å². The Kier molecular flexibility index (Phi) is 2.85. The molecule has 2 N–H and O–H groups in total. The van der Waals surface area contributed by atoms with Crippen molar-refractivity contribution in [3.8, 4) is 0 Å². The van der Waals surface area contributed by atoms with E-state index < -0.39 is 5.60 Å². The van der Waals surface area contributed by atoms with Crippen molar-refractivity contribution in [3.05, 3.63) is 0 Å². The average Bonchev–Trinajstić information content (AvgIpc) is 2.37. The van der Waals surface area contributed by atoms with Crippen molar-refractivity contribution in [1.82, 2.24) is 0 Å². The molecule has 2 heteroatoms. The first kappa shape index (κ1) is 10.4. The fraction of sp³-hybridized carbons (Fsp3) is 1.00. The van der Waals surface area contributed by atoms with E-state index in [9.17, 15) is 5.11 Å². The standard InChI is InChI=1S/C12H22O2/c13-10-9-11-5-2-1-3-7-12(11,14)8-4-6-11/h13-14H,1-10H2/t11-,12-/m1/s1. The van der Waals surface area contributed by atoms with Crippen LogP contribution < -0.4 is 0 Å². The zero-order valence-electron chi connectivity index (χ0n) is 8.97. The van der Waals surface area contributed by atoms with E-state index in [0.717, 1.165) is 38.5 Å². The Labute approximate surface area is 86.3 Å². The SMILES string of the molecule is OCC[C@]12CCCCC[C@@]1(O)CCC2. The van der Waals surface area contributed by atoms with Gasteiger partial charge in [0, 0.05) is 12.0 Å². The molecule has 2 nitrogen and oxygen atoms in total. The van der Waals surface area contributed by atoms with Crippen LogP contribution in [0, 0.1) is 5.41 Å². The second kappa shape index (κ2) is 3.82. The normalized spacial score (nSPS) is 43.3. The molecule has 0 saturated heterocycles. The molecule has 2 rings (SSSR count). The zero-order valence-corrected chi connectivity index (χ0v) is 8.97. The smallest absolute Gasteiger partial charge is 0.0704 e. The number of aliphatic hydroxyl groups excluding tert-OH is 1. The highest BCUT2D eigenvalue weighted by Crippen LogP contribution is 2.55. The molecule has 2 aliphatic rings. The Hall–Kier alpha value is -0.0800. The van der Waals surface area contributed by atoms with Gasteiger partial charge in [-0.25, -0.2) is 0 Å². The molecule has 14 heavy (non-hydrogen) atoms. The van der Waals surface area contributed by atoms with Gasteiger partial charge in [0.05, 0.1) is 5.60 Å². The Bertz CT molecular complexity index is 204. The van der Waals surface area contributed by atoms with Crippen molar-refractivity contribution in [3.63, 3.8) is 0 Å². The summed E-state index contributed by atoms with van der Waals surface area (Å²) in [6.07, 6.45) is 9.82. The summed E-state index contributed by atoms with van der Waals surface area (Å²) in [4.78, 5) is 0. The molecule has 0 radical (unpaired) electrons. The van der Waals surface area contributed by atoms with E-state index in [4.69, 9.17) is 5.11 Å². The van der Waals surface area contributed by atoms with Crippen molar-refractivity contribution in [2.45, 2.75) is 63.4 Å². The predicted molar refractivity (Wildman–Crippen MR) is 56.0 cm³/mol. The summed E-state index contributed by atoms with van der Waals surface area (Å²) in [6.45, 7) is 0.238. The summed E-state index contributed by atoms with van der Waals surface area (Å²) in [5.74, 6) is 0. The third kappa shape index (κ3) is 1.49. The van der Waals surface area contributed by atoms with Crippen molar-refractivity contribution >= 4 is 0 Å². The van der Waals surface area contributed by atoms with Gasteiger partial charge >= 0.3 is 0 Å². The summed E-state index contributed by atoms with van der Waals surface area (Å²) in [6, 6.07) is 0. The average molecular weight is 198 g/mol. The van der Waals surface area contributed by atoms with Crippen molar-refractivity contribution in [2.75, 3.05) is 6.61 Å². The minimum atomic E-state index is -0.438. The second-order valence-corrected chi connectivity index (χ2v) is 5.20. The zero-order chi connectivity index (χ0) is 10.1. The first-order chi connectivity index (χ1) is 6.72. The molecule has 0 unspecified atom stereocenters. The topological polar surface area (TPSA) is 40.5 Å². The molecule has 2 aliphatic carbocycles. The third-order valence-corrected chi connectivity index (χ3v) is 4.57. The maximum absolute atomic E-state index is 10.7. The molecule has 2 fully saturated rings. The van der Waals surface area contributed by atoms with Gasteiger partial charge in [-0.05, 0) is 38.5 Å². The van der Waals surface area contributed by atoms with Crippen LogP contribution in [-0.4, -0.2) is 22.4 Å². The number of aliphatic hydroxyl groups is 2. The summed E-state index contributed by atoms with van der Waals surface area (Å²) >= 11 is 0. The molecule has 82 valence electrons. The highest BCUT2D eigenvalue weighted by Gasteiger charge is 2.52. The minimum Gasteiger partial charge on any atom is -0.396 e. The fourth-order valence-electron chi connectivity index (χ4n) is 3.72. The highest BCUT2D eigenvalue weighted by atomic mass is 16.3. The van der Waals surface area contributed by atoms with Gasteiger partial charge in [-0.2, -0.15) is 0 Å². The summed E-state index contributed by atoms with van der Waals surface area (Å²) in [5, 5.41) is 19.8. The van der Waals surface area contributed by atoms with Gasteiger partial charge in [0.2, 0.25) is 0 Å². The number of hydrogen-bond acceptors (Lipinski definition) is 2. The van der Waals surface area contributed by atoms with Crippen LogP contribution in [0.3, 0.4) is 0 Å². The molecule has 0 aromatic rings. The van der Waals surface area contributed by atoms with Gasteiger partial charge in [-0.1, -0.05) is 19.3 Å². The van der Waals surface area contributed by atoms with E-state index in [1.165, 1.54) is 19.3 Å². The fourth-order valence-corrected chi connectivity index (χ4v) is 3.72. The van der Waals surface area contributed by atoms with E-state index in [1.54, 1.807) is 0 Å². The van der Waals surface area contributed by atoms with Crippen LogP contribution in [0.1, 0.15) is 57.8 Å². The minimum absolute atomic E-state index is 0.0677. The first-order valence-electron chi connectivity index (χ1n) is 6.06. The second-order valence-electron chi connectivity index (χ2n) is 5.20.